The number of hydrogen-bond donors (Lipinski definition) is 3. The van der Waals surface area contributed by atoms with Gasteiger partial charge in [0.25, 0.3) is 0 Å². The number of aryl methyl sites for hydroxylation is 1. The van der Waals surface area contributed by atoms with Gasteiger partial charge in [-0.25, -0.2) is 0 Å². The molecule has 4 nitrogen and oxygen atoms in total. The van der Waals surface area contributed by atoms with E-state index in [2.05, 4.69) is 10.6 Å². The molecule has 3 rings (SSSR count). The molecule has 25 heavy (non-hydrogen) atoms. The molecule has 4 heteroatoms. The summed E-state index contributed by atoms with van der Waals surface area (Å²) in [7, 11) is 0. The number of benzene rings is 2. The molecule has 1 aliphatic heterocycles. The molecule has 1 aliphatic rings. The number of carbonyl (C=O) groups excluding carboxylic acids is 1. The molecule has 0 unspecified atom stereocenters. The Kier molecular flexibility index (Phi) is 5.51. The Hall–Kier alpha value is -2.17. The van der Waals surface area contributed by atoms with Crippen LogP contribution in [0, 0.1) is 6.92 Å². The molecule has 1 saturated heterocycles. The number of piperidine rings is 1. The maximum atomic E-state index is 13.1. The van der Waals surface area contributed by atoms with Crippen LogP contribution in [0.15, 0.2) is 54.6 Å². The summed E-state index contributed by atoms with van der Waals surface area (Å²) >= 11 is 0. The van der Waals surface area contributed by atoms with Crippen molar-refractivity contribution in [3.05, 3.63) is 71.3 Å². The fraction of sp³-hybridized carbons (Fsp3) is 0.381. The van der Waals surface area contributed by atoms with Crippen molar-refractivity contribution < 1.29 is 9.90 Å². The fourth-order valence-corrected chi connectivity index (χ4v) is 3.69. The normalized spacial score (nSPS) is 17.7. The van der Waals surface area contributed by atoms with Crippen LogP contribution in [0.3, 0.4) is 0 Å². The smallest absolute Gasteiger partial charge is 0.230 e. The van der Waals surface area contributed by atoms with Crippen LogP contribution < -0.4 is 10.6 Å². The summed E-state index contributed by atoms with van der Waals surface area (Å²) in [5.41, 5.74) is 2.43. The van der Waals surface area contributed by atoms with Crippen molar-refractivity contribution in [1.82, 2.24) is 10.6 Å². The third kappa shape index (κ3) is 3.75. The van der Waals surface area contributed by atoms with Gasteiger partial charge in [0.15, 0.2) is 0 Å². The molecule has 1 amide bonds. The van der Waals surface area contributed by atoms with Crippen LogP contribution in [0.4, 0.5) is 0 Å². The first kappa shape index (κ1) is 17.6. The number of amides is 1. The van der Waals surface area contributed by atoms with Gasteiger partial charge >= 0.3 is 0 Å². The summed E-state index contributed by atoms with van der Waals surface area (Å²) in [6.07, 6.45) is 0.840. The van der Waals surface area contributed by atoms with Crippen LogP contribution in [0.25, 0.3) is 0 Å². The van der Waals surface area contributed by atoms with Gasteiger partial charge in [0, 0.05) is 6.54 Å². The Morgan fingerprint density at radius 2 is 1.76 bits per heavy atom. The molecule has 1 atom stereocenters. The molecule has 132 valence electrons. The highest BCUT2D eigenvalue weighted by Gasteiger charge is 2.41. The topological polar surface area (TPSA) is 61.4 Å². The van der Waals surface area contributed by atoms with Gasteiger partial charge in [0.1, 0.15) is 0 Å². The lowest BCUT2D eigenvalue weighted by atomic mass is 9.72. The summed E-state index contributed by atoms with van der Waals surface area (Å²) in [5.74, 6) is 0.00725. The van der Waals surface area contributed by atoms with Gasteiger partial charge in [0.05, 0.1) is 11.5 Å². The summed E-state index contributed by atoms with van der Waals surface area (Å²) in [6, 6.07) is 17.7. The third-order valence-electron chi connectivity index (χ3n) is 5.22. The standard InChI is InChI=1S/C21H26N2O2/c1-16-7-5-6-10-18(16)19(24)15-23-20(25)21(11-13-22-14-12-21)17-8-3-2-4-9-17/h2-10,19,22,24H,11-15H2,1H3,(H,23,25)/t19-/m1/s1. The van der Waals surface area contributed by atoms with E-state index in [1.807, 2.05) is 61.5 Å². The van der Waals surface area contributed by atoms with E-state index in [1.165, 1.54) is 0 Å². The third-order valence-corrected chi connectivity index (χ3v) is 5.22. The molecule has 0 spiro atoms. The summed E-state index contributed by atoms with van der Waals surface area (Å²) in [5, 5.41) is 16.8. The molecule has 3 N–H and O–H groups in total. The Morgan fingerprint density at radius 1 is 1.12 bits per heavy atom. The average molecular weight is 338 g/mol. The van der Waals surface area contributed by atoms with E-state index in [9.17, 15) is 9.90 Å². The van der Waals surface area contributed by atoms with E-state index < -0.39 is 11.5 Å². The average Bonchev–Trinajstić information content (AvgIpc) is 2.67. The number of hydrogen-bond acceptors (Lipinski definition) is 3. The van der Waals surface area contributed by atoms with Gasteiger partial charge in [-0.1, -0.05) is 54.6 Å². The maximum absolute atomic E-state index is 13.1. The molecule has 1 fully saturated rings. The maximum Gasteiger partial charge on any atom is 0.230 e. The zero-order valence-corrected chi connectivity index (χ0v) is 14.7. The second kappa shape index (κ2) is 7.81. The summed E-state index contributed by atoms with van der Waals surface area (Å²) in [6.45, 7) is 3.84. The number of aliphatic hydroxyl groups is 1. The minimum Gasteiger partial charge on any atom is -0.387 e. The van der Waals surface area contributed by atoms with E-state index in [0.29, 0.717) is 0 Å². The van der Waals surface area contributed by atoms with Crippen molar-refractivity contribution >= 4 is 5.91 Å². The van der Waals surface area contributed by atoms with Crippen molar-refractivity contribution in [2.24, 2.45) is 0 Å². The molecule has 2 aromatic carbocycles. The predicted octanol–water partition coefficient (Wildman–Crippen LogP) is 2.47. The van der Waals surface area contributed by atoms with Crippen LogP contribution in [0.1, 0.15) is 35.6 Å². The van der Waals surface area contributed by atoms with Gasteiger partial charge < -0.3 is 15.7 Å². The molecule has 2 aromatic rings. The van der Waals surface area contributed by atoms with Gasteiger partial charge in [-0.15, -0.1) is 0 Å². The number of aliphatic hydroxyl groups excluding tert-OH is 1. The second-order valence-corrected chi connectivity index (χ2v) is 6.78. The lowest BCUT2D eigenvalue weighted by Crippen LogP contribution is -2.51. The van der Waals surface area contributed by atoms with Gasteiger partial charge in [-0.2, -0.15) is 0 Å². The molecule has 0 aliphatic carbocycles. The highest BCUT2D eigenvalue weighted by Crippen LogP contribution is 2.34. The highest BCUT2D eigenvalue weighted by atomic mass is 16.3. The first-order chi connectivity index (χ1) is 12.1. The molecule has 0 saturated carbocycles. The largest absolute Gasteiger partial charge is 0.387 e. The highest BCUT2D eigenvalue weighted by molar-refractivity contribution is 5.88. The van der Waals surface area contributed by atoms with Crippen molar-refractivity contribution in [3.63, 3.8) is 0 Å². The predicted molar refractivity (Wildman–Crippen MR) is 99.4 cm³/mol. The van der Waals surface area contributed by atoms with Crippen LogP contribution in [-0.4, -0.2) is 30.6 Å². The van der Waals surface area contributed by atoms with E-state index in [4.69, 9.17) is 0 Å². The van der Waals surface area contributed by atoms with Crippen LogP contribution >= 0.6 is 0 Å². The zero-order valence-electron chi connectivity index (χ0n) is 14.7. The second-order valence-electron chi connectivity index (χ2n) is 6.78. The Balaban J connectivity index is 1.74. The number of nitrogens with one attached hydrogen (secondary N) is 2. The Bertz CT molecular complexity index is 709. The SMILES string of the molecule is Cc1ccccc1[C@H](O)CNC(=O)C1(c2ccccc2)CCNCC1. The van der Waals surface area contributed by atoms with Crippen LogP contribution in [0.5, 0.6) is 0 Å². The van der Waals surface area contributed by atoms with E-state index >= 15 is 0 Å². The van der Waals surface area contributed by atoms with Crippen molar-refractivity contribution in [2.75, 3.05) is 19.6 Å². The molecule has 0 bridgehead atoms. The lowest BCUT2D eigenvalue weighted by molar-refractivity contribution is -0.128. The van der Waals surface area contributed by atoms with Crippen molar-refractivity contribution in [2.45, 2.75) is 31.3 Å². The lowest BCUT2D eigenvalue weighted by Gasteiger charge is -2.37. The monoisotopic (exact) mass is 338 g/mol. The van der Waals surface area contributed by atoms with Gasteiger partial charge in [-0.3, -0.25) is 4.79 Å². The van der Waals surface area contributed by atoms with E-state index in [0.717, 1.165) is 42.6 Å². The summed E-state index contributed by atoms with van der Waals surface area (Å²) < 4.78 is 0. The van der Waals surface area contributed by atoms with Gasteiger partial charge in [-0.05, 0) is 49.5 Å². The van der Waals surface area contributed by atoms with Crippen LogP contribution in [0.2, 0.25) is 0 Å². The molecule has 0 aromatic heterocycles. The zero-order chi connectivity index (χ0) is 17.7. The number of rotatable bonds is 5. The first-order valence-electron chi connectivity index (χ1n) is 8.92. The van der Waals surface area contributed by atoms with E-state index in [1.54, 1.807) is 0 Å². The fourth-order valence-electron chi connectivity index (χ4n) is 3.69. The van der Waals surface area contributed by atoms with Crippen molar-refractivity contribution in [1.29, 1.82) is 0 Å². The Labute approximate surface area is 149 Å². The minimum atomic E-state index is -0.695. The molecule has 1 heterocycles. The van der Waals surface area contributed by atoms with Crippen LogP contribution in [-0.2, 0) is 10.2 Å². The van der Waals surface area contributed by atoms with Gasteiger partial charge in [0.2, 0.25) is 5.91 Å². The first-order valence-corrected chi connectivity index (χ1v) is 8.92. The number of carbonyl (C=O) groups is 1. The Morgan fingerprint density at radius 3 is 2.44 bits per heavy atom. The molecular formula is C21H26N2O2. The molecular weight excluding hydrogens is 312 g/mol. The minimum absolute atomic E-state index is 0.00725. The molecule has 0 radical (unpaired) electrons. The van der Waals surface area contributed by atoms with E-state index in [-0.39, 0.29) is 12.5 Å². The summed E-state index contributed by atoms with van der Waals surface area (Å²) in [4.78, 5) is 13.1. The quantitative estimate of drug-likeness (QED) is 0.785. The van der Waals surface area contributed by atoms with Crippen molar-refractivity contribution in [3.8, 4) is 0 Å².